The van der Waals surface area contributed by atoms with E-state index in [-0.39, 0.29) is 47.7 Å². The molecule has 3 unspecified atom stereocenters. The summed E-state index contributed by atoms with van der Waals surface area (Å²) in [4.78, 5) is 0. The van der Waals surface area contributed by atoms with Crippen LogP contribution in [-0.2, 0) is 4.74 Å². The molecule has 1 aliphatic heterocycles. The van der Waals surface area contributed by atoms with E-state index in [0.717, 1.165) is 0 Å². The van der Waals surface area contributed by atoms with Crippen LogP contribution in [0.5, 0.6) is 5.75 Å². The van der Waals surface area contributed by atoms with Crippen molar-refractivity contribution in [2.24, 2.45) is 0 Å². The Morgan fingerprint density at radius 2 is 1.51 bits per heavy atom. The van der Waals surface area contributed by atoms with Gasteiger partial charge >= 0.3 is 0 Å². The molecule has 35 heavy (non-hydrogen) atoms. The van der Waals surface area contributed by atoms with Gasteiger partial charge in [-0.05, 0) is 48.6 Å². The topological polar surface area (TPSA) is 38.7 Å². The van der Waals surface area contributed by atoms with Crippen LogP contribution in [-0.4, -0.2) is 30.5 Å². The number of benzene rings is 3. The van der Waals surface area contributed by atoms with Crippen molar-refractivity contribution in [2.45, 2.75) is 37.9 Å². The molecule has 0 amide bonds. The molecule has 3 atom stereocenters. The van der Waals surface area contributed by atoms with Crippen LogP contribution in [0.3, 0.4) is 0 Å². The van der Waals surface area contributed by atoms with Crippen molar-refractivity contribution < 1.29 is 32.1 Å². The van der Waals surface area contributed by atoms with E-state index in [0.29, 0.717) is 24.0 Å². The van der Waals surface area contributed by atoms with E-state index in [2.05, 4.69) is 6.58 Å². The maximum absolute atomic E-state index is 15.0. The lowest BCUT2D eigenvalue weighted by molar-refractivity contribution is -0.0625. The van der Waals surface area contributed by atoms with Crippen LogP contribution in [0.4, 0.5) is 17.6 Å². The van der Waals surface area contributed by atoms with Crippen LogP contribution in [0.2, 0.25) is 0 Å². The highest BCUT2D eigenvalue weighted by Crippen LogP contribution is 2.36. The van der Waals surface area contributed by atoms with E-state index >= 15 is 4.39 Å². The number of halogens is 4. The van der Waals surface area contributed by atoms with Crippen molar-refractivity contribution >= 4 is 0 Å². The Kier molecular flexibility index (Phi) is 7.57. The zero-order valence-electron chi connectivity index (χ0n) is 19.2. The average molecular weight is 487 g/mol. The van der Waals surface area contributed by atoms with Crippen molar-refractivity contribution in [1.29, 1.82) is 0 Å². The van der Waals surface area contributed by atoms with Gasteiger partial charge in [-0.15, -0.1) is 0 Å². The molecule has 1 aliphatic rings. The molecular formula is C28H26F4O3. The number of rotatable bonds is 7. The Hall–Kier alpha value is -3.16. The lowest BCUT2D eigenvalue weighted by Crippen LogP contribution is -2.33. The Morgan fingerprint density at radius 3 is 2.06 bits per heavy atom. The van der Waals surface area contributed by atoms with Gasteiger partial charge in [-0.2, -0.15) is 4.39 Å². The predicted octanol–water partition coefficient (Wildman–Crippen LogP) is 6.79. The molecule has 1 saturated heterocycles. The molecule has 0 aromatic heterocycles. The van der Waals surface area contributed by atoms with E-state index in [9.17, 15) is 18.3 Å². The van der Waals surface area contributed by atoms with Crippen LogP contribution in [0.15, 0.2) is 61.2 Å². The second-order valence-electron chi connectivity index (χ2n) is 8.63. The SMILES string of the molecule is C=CCOc1ccc(-c2ccc(-c3ccc(C4CCC(C(C)O)OC4)c(F)c3F)cc2)c(F)c1F. The molecule has 3 aromatic rings. The van der Waals surface area contributed by atoms with Crippen molar-refractivity contribution in [3.05, 3.63) is 90.0 Å². The summed E-state index contributed by atoms with van der Waals surface area (Å²) in [6.45, 7) is 5.36. The van der Waals surface area contributed by atoms with Gasteiger partial charge in [0, 0.05) is 17.0 Å². The summed E-state index contributed by atoms with van der Waals surface area (Å²) in [5.41, 5.74) is 1.11. The zero-order valence-corrected chi connectivity index (χ0v) is 19.2. The highest BCUT2D eigenvalue weighted by Gasteiger charge is 2.29. The van der Waals surface area contributed by atoms with E-state index in [4.69, 9.17) is 9.47 Å². The van der Waals surface area contributed by atoms with Gasteiger partial charge < -0.3 is 14.6 Å². The Bertz CT molecular complexity index is 1200. The normalized spacial score (nSPS) is 18.8. The maximum atomic E-state index is 15.0. The fourth-order valence-corrected chi connectivity index (χ4v) is 4.34. The fourth-order valence-electron chi connectivity index (χ4n) is 4.34. The third kappa shape index (κ3) is 5.11. The Morgan fingerprint density at radius 1 is 0.914 bits per heavy atom. The molecule has 1 heterocycles. The monoisotopic (exact) mass is 486 g/mol. The second-order valence-corrected chi connectivity index (χ2v) is 8.63. The fraction of sp³-hybridized carbons (Fsp3) is 0.286. The van der Waals surface area contributed by atoms with Gasteiger partial charge in [0.2, 0.25) is 5.82 Å². The molecule has 4 rings (SSSR count). The zero-order chi connectivity index (χ0) is 25.1. The van der Waals surface area contributed by atoms with Crippen molar-refractivity contribution in [3.8, 4) is 28.0 Å². The highest BCUT2D eigenvalue weighted by atomic mass is 19.2. The molecular weight excluding hydrogens is 460 g/mol. The summed E-state index contributed by atoms with van der Waals surface area (Å²) in [6, 6.07) is 11.9. The van der Waals surface area contributed by atoms with Gasteiger partial charge in [0.05, 0.1) is 18.8 Å². The van der Waals surface area contributed by atoms with E-state index < -0.39 is 29.4 Å². The third-order valence-corrected chi connectivity index (χ3v) is 6.31. The molecule has 0 spiro atoms. The maximum Gasteiger partial charge on any atom is 0.201 e. The Labute approximate surface area is 201 Å². The highest BCUT2D eigenvalue weighted by molar-refractivity contribution is 5.72. The number of aliphatic hydroxyl groups is 1. The van der Waals surface area contributed by atoms with Crippen LogP contribution in [0.25, 0.3) is 22.3 Å². The summed E-state index contributed by atoms with van der Waals surface area (Å²) >= 11 is 0. The standard InChI is InChI=1S/C28H26F4O3/c1-3-14-34-24-13-11-21(27(31)28(24)32)18-6-4-17(5-7-18)20-9-10-22(26(30)25(20)29)19-8-12-23(16(2)33)35-15-19/h3-7,9-11,13,16,19,23,33H,1,8,12,14-15H2,2H3. The van der Waals surface area contributed by atoms with Gasteiger partial charge in [-0.1, -0.05) is 49.1 Å². The largest absolute Gasteiger partial charge is 0.486 e. The van der Waals surface area contributed by atoms with Gasteiger partial charge in [-0.3, -0.25) is 0 Å². The minimum absolute atomic E-state index is 0.0230. The summed E-state index contributed by atoms with van der Waals surface area (Å²) in [7, 11) is 0. The van der Waals surface area contributed by atoms with Gasteiger partial charge in [0.25, 0.3) is 0 Å². The molecule has 184 valence electrons. The Balaban J connectivity index is 1.56. The predicted molar refractivity (Wildman–Crippen MR) is 126 cm³/mol. The number of aliphatic hydroxyl groups excluding tert-OH is 1. The van der Waals surface area contributed by atoms with Crippen molar-refractivity contribution in [2.75, 3.05) is 13.2 Å². The smallest absolute Gasteiger partial charge is 0.201 e. The molecule has 1 fully saturated rings. The minimum Gasteiger partial charge on any atom is -0.486 e. The summed E-state index contributed by atoms with van der Waals surface area (Å²) in [6.07, 6.45) is 1.65. The lowest BCUT2D eigenvalue weighted by atomic mass is 9.88. The number of hydrogen-bond acceptors (Lipinski definition) is 3. The van der Waals surface area contributed by atoms with Crippen LogP contribution < -0.4 is 4.74 Å². The van der Waals surface area contributed by atoms with Crippen molar-refractivity contribution in [1.82, 2.24) is 0 Å². The molecule has 0 bridgehead atoms. The summed E-state index contributed by atoms with van der Waals surface area (Å²) in [5.74, 6) is -4.60. The first-order valence-electron chi connectivity index (χ1n) is 11.4. The lowest BCUT2D eigenvalue weighted by Gasteiger charge is -2.31. The summed E-state index contributed by atoms with van der Waals surface area (Å²) < 4.78 is 69.6. The summed E-state index contributed by atoms with van der Waals surface area (Å²) in [5, 5.41) is 9.65. The van der Waals surface area contributed by atoms with Crippen LogP contribution in [0.1, 0.15) is 31.2 Å². The van der Waals surface area contributed by atoms with Gasteiger partial charge in [0.1, 0.15) is 6.61 Å². The number of hydrogen-bond donors (Lipinski definition) is 1. The first kappa shape index (κ1) is 24.9. The van der Waals surface area contributed by atoms with E-state index in [1.165, 1.54) is 48.5 Å². The molecule has 3 nitrogen and oxygen atoms in total. The van der Waals surface area contributed by atoms with E-state index in [1.54, 1.807) is 13.0 Å². The van der Waals surface area contributed by atoms with Gasteiger partial charge in [-0.25, -0.2) is 13.2 Å². The molecule has 0 aliphatic carbocycles. The molecule has 0 saturated carbocycles. The molecule has 0 radical (unpaired) electrons. The van der Waals surface area contributed by atoms with Gasteiger partial charge in [0.15, 0.2) is 23.2 Å². The van der Waals surface area contributed by atoms with Crippen LogP contribution >= 0.6 is 0 Å². The third-order valence-electron chi connectivity index (χ3n) is 6.31. The van der Waals surface area contributed by atoms with Crippen LogP contribution in [0, 0.1) is 23.3 Å². The second kappa shape index (κ2) is 10.6. The first-order chi connectivity index (χ1) is 16.8. The molecule has 3 aromatic carbocycles. The molecule has 7 heteroatoms. The quantitative estimate of drug-likeness (QED) is 0.295. The first-order valence-corrected chi connectivity index (χ1v) is 11.4. The van der Waals surface area contributed by atoms with Crippen molar-refractivity contribution in [3.63, 3.8) is 0 Å². The molecule has 1 N–H and O–H groups in total. The van der Waals surface area contributed by atoms with E-state index in [1.807, 2.05) is 0 Å². The number of ether oxygens (including phenoxy) is 2. The minimum atomic E-state index is -1.11. The average Bonchev–Trinajstić information content (AvgIpc) is 2.87.